The lowest BCUT2D eigenvalue weighted by Crippen LogP contribution is -2.02. The van der Waals surface area contributed by atoms with E-state index in [1.165, 1.54) is 12.7 Å². The van der Waals surface area contributed by atoms with Gasteiger partial charge < -0.3 is 10.4 Å². The van der Waals surface area contributed by atoms with Gasteiger partial charge in [0.25, 0.3) is 0 Å². The van der Waals surface area contributed by atoms with Crippen molar-refractivity contribution in [2.45, 2.75) is 6.92 Å². The molecule has 3 rings (SSSR count). The fourth-order valence-electron chi connectivity index (χ4n) is 1.92. The van der Waals surface area contributed by atoms with E-state index in [1.54, 1.807) is 24.4 Å². The average Bonchev–Trinajstić information content (AvgIpc) is 2.49. The van der Waals surface area contributed by atoms with Crippen molar-refractivity contribution in [3.63, 3.8) is 0 Å². The van der Waals surface area contributed by atoms with Gasteiger partial charge in [-0.3, -0.25) is 0 Å². The third-order valence-corrected chi connectivity index (χ3v) is 3.04. The van der Waals surface area contributed by atoms with Crippen LogP contribution in [0.25, 0.3) is 11.0 Å². The standard InChI is InChI=1S/C14H11N5O2/c1-8-2-3-9(14(20)21)4-10(8)19-13-12-11(16-7-18-13)5-15-6-17-12/h2-7H,1H3,(H,20,21)(H,16,18,19). The molecule has 7 nitrogen and oxygen atoms in total. The van der Waals surface area contributed by atoms with Crippen molar-refractivity contribution >= 4 is 28.5 Å². The lowest BCUT2D eigenvalue weighted by atomic mass is 10.1. The first-order chi connectivity index (χ1) is 10.1. The number of fused-ring (bicyclic) bond motifs is 1. The third-order valence-electron chi connectivity index (χ3n) is 3.04. The van der Waals surface area contributed by atoms with Gasteiger partial charge in [0, 0.05) is 5.69 Å². The van der Waals surface area contributed by atoms with Crippen molar-refractivity contribution in [3.05, 3.63) is 48.2 Å². The molecule has 0 amide bonds. The number of carbonyl (C=O) groups is 1. The minimum Gasteiger partial charge on any atom is -0.478 e. The van der Waals surface area contributed by atoms with Gasteiger partial charge >= 0.3 is 5.97 Å². The first-order valence-electron chi connectivity index (χ1n) is 6.17. The zero-order chi connectivity index (χ0) is 14.8. The molecule has 0 bridgehead atoms. The Bertz CT molecular complexity index is 829. The van der Waals surface area contributed by atoms with Crippen LogP contribution in [0, 0.1) is 6.92 Å². The van der Waals surface area contributed by atoms with Crippen LogP contribution in [0.4, 0.5) is 11.5 Å². The van der Waals surface area contributed by atoms with Crippen LogP contribution in [-0.2, 0) is 0 Å². The average molecular weight is 281 g/mol. The van der Waals surface area contributed by atoms with E-state index < -0.39 is 5.97 Å². The number of hydrogen-bond acceptors (Lipinski definition) is 6. The van der Waals surface area contributed by atoms with Gasteiger partial charge in [0.1, 0.15) is 23.7 Å². The van der Waals surface area contributed by atoms with Crippen LogP contribution in [0.2, 0.25) is 0 Å². The molecule has 7 heteroatoms. The Kier molecular flexibility index (Phi) is 3.15. The normalized spacial score (nSPS) is 10.5. The van der Waals surface area contributed by atoms with Crippen LogP contribution in [-0.4, -0.2) is 31.0 Å². The predicted molar refractivity (Wildman–Crippen MR) is 76.5 cm³/mol. The summed E-state index contributed by atoms with van der Waals surface area (Å²) in [6.45, 7) is 1.88. The van der Waals surface area contributed by atoms with Crippen molar-refractivity contribution in [3.8, 4) is 0 Å². The van der Waals surface area contributed by atoms with E-state index >= 15 is 0 Å². The molecule has 2 heterocycles. The number of carboxylic acid groups (broad SMARTS) is 1. The van der Waals surface area contributed by atoms with E-state index in [0.29, 0.717) is 22.5 Å². The second-order valence-electron chi connectivity index (χ2n) is 4.44. The second kappa shape index (κ2) is 5.12. The number of aryl methyl sites for hydroxylation is 1. The summed E-state index contributed by atoms with van der Waals surface area (Å²) in [5.41, 5.74) is 2.96. The lowest BCUT2D eigenvalue weighted by molar-refractivity contribution is 0.0697. The molecule has 2 N–H and O–H groups in total. The number of nitrogens with one attached hydrogen (secondary N) is 1. The largest absolute Gasteiger partial charge is 0.478 e. The fourth-order valence-corrected chi connectivity index (χ4v) is 1.92. The van der Waals surface area contributed by atoms with Crippen molar-refractivity contribution < 1.29 is 9.90 Å². The quantitative estimate of drug-likeness (QED) is 0.758. The Hall–Kier alpha value is -3.09. The number of aromatic carboxylic acids is 1. The van der Waals surface area contributed by atoms with E-state index in [0.717, 1.165) is 5.56 Å². The number of rotatable bonds is 3. The molecule has 0 radical (unpaired) electrons. The third kappa shape index (κ3) is 2.48. The number of hydrogen-bond donors (Lipinski definition) is 2. The molecule has 0 saturated heterocycles. The molecule has 104 valence electrons. The van der Waals surface area contributed by atoms with E-state index in [2.05, 4.69) is 25.3 Å². The molecular weight excluding hydrogens is 270 g/mol. The van der Waals surface area contributed by atoms with Crippen LogP contribution >= 0.6 is 0 Å². The Morgan fingerprint density at radius 3 is 2.86 bits per heavy atom. The molecule has 1 aromatic carbocycles. The first kappa shape index (κ1) is 12.9. The summed E-state index contributed by atoms with van der Waals surface area (Å²) in [5.74, 6) is -0.471. The summed E-state index contributed by atoms with van der Waals surface area (Å²) in [6, 6.07) is 4.86. The highest BCUT2D eigenvalue weighted by Gasteiger charge is 2.09. The highest BCUT2D eigenvalue weighted by atomic mass is 16.4. The summed E-state index contributed by atoms with van der Waals surface area (Å²) >= 11 is 0. The first-order valence-corrected chi connectivity index (χ1v) is 6.17. The molecule has 0 atom stereocenters. The number of anilines is 2. The maximum absolute atomic E-state index is 11.1. The molecule has 0 aliphatic rings. The summed E-state index contributed by atoms with van der Waals surface area (Å²) in [5, 5.41) is 12.2. The monoisotopic (exact) mass is 281 g/mol. The molecule has 21 heavy (non-hydrogen) atoms. The number of nitrogens with zero attached hydrogens (tertiary/aromatic N) is 4. The van der Waals surface area contributed by atoms with Gasteiger partial charge in [0.2, 0.25) is 0 Å². The van der Waals surface area contributed by atoms with Gasteiger partial charge in [-0.2, -0.15) is 0 Å². The SMILES string of the molecule is Cc1ccc(C(=O)O)cc1Nc1ncnc2cncnc12. The maximum Gasteiger partial charge on any atom is 0.335 e. The van der Waals surface area contributed by atoms with Crippen molar-refractivity contribution in [1.29, 1.82) is 0 Å². The molecule has 3 aromatic rings. The van der Waals surface area contributed by atoms with Crippen LogP contribution in [0.15, 0.2) is 37.1 Å². The number of benzene rings is 1. The Labute approximate surface area is 119 Å². The highest BCUT2D eigenvalue weighted by molar-refractivity contribution is 5.91. The van der Waals surface area contributed by atoms with Gasteiger partial charge in [-0.1, -0.05) is 6.07 Å². The van der Waals surface area contributed by atoms with Crippen molar-refractivity contribution in [1.82, 2.24) is 19.9 Å². The number of carboxylic acids is 1. The van der Waals surface area contributed by atoms with Gasteiger partial charge in [-0.05, 0) is 24.6 Å². The molecule has 0 saturated carbocycles. The molecule has 0 aliphatic carbocycles. The van der Waals surface area contributed by atoms with E-state index in [-0.39, 0.29) is 5.56 Å². The molecule has 0 unspecified atom stereocenters. The lowest BCUT2D eigenvalue weighted by Gasteiger charge is -2.10. The van der Waals surface area contributed by atoms with Crippen LogP contribution in [0.1, 0.15) is 15.9 Å². The maximum atomic E-state index is 11.1. The Balaban J connectivity index is 2.06. The summed E-state index contributed by atoms with van der Waals surface area (Å²) in [7, 11) is 0. The van der Waals surface area contributed by atoms with E-state index in [4.69, 9.17) is 5.11 Å². The molecule has 0 aliphatic heterocycles. The smallest absolute Gasteiger partial charge is 0.335 e. The van der Waals surface area contributed by atoms with Gasteiger partial charge in [-0.15, -0.1) is 0 Å². The van der Waals surface area contributed by atoms with E-state index in [9.17, 15) is 4.79 Å². The minimum absolute atomic E-state index is 0.205. The fraction of sp³-hybridized carbons (Fsp3) is 0.0714. The van der Waals surface area contributed by atoms with Crippen LogP contribution < -0.4 is 5.32 Å². The zero-order valence-electron chi connectivity index (χ0n) is 11.1. The Morgan fingerprint density at radius 1 is 1.19 bits per heavy atom. The van der Waals surface area contributed by atoms with Gasteiger partial charge in [0.05, 0.1) is 11.8 Å². The van der Waals surface area contributed by atoms with Crippen LogP contribution in [0.3, 0.4) is 0 Å². The summed E-state index contributed by atoms with van der Waals surface area (Å²) < 4.78 is 0. The molecule has 2 aromatic heterocycles. The second-order valence-corrected chi connectivity index (χ2v) is 4.44. The van der Waals surface area contributed by atoms with Crippen LogP contribution in [0.5, 0.6) is 0 Å². The van der Waals surface area contributed by atoms with Gasteiger partial charge in [-0.25, -0.2) is 24.7 Å². The summed E-state index contributed by atoms with van der Waals surface area (Å²) in [4.78, 5) is 27.4. The predicted octanol–water partition coefficient (Wildman–Crippen LogP) is 2.17. The van der Waals surface area contributed by atoms with Crippen molar-refractivity contribution in [2.24, 2.45) is 0 Å². The topological polar surface area (TPSA) is 101 Å². The zero-order valence-corrected chi connectivity index (χ0v) is 11.1. The molecular formula is C14H11N5O2. The van der Waals surface area contributed by atoms with Gasteiger partial charge in [0.15, 0.2) is 5.82 Å². The molecule has 0 fully saturated rings. The summed E-state index contributed by atoms with van der Waals surface area (Å²) in [6.07, 6.45) is 4.41. The minimum atomic E-state index is -0.979. The number of aromatic nitrogens is 4. The van der Waals surface area contributed by atoms with E-state index in [1.807, 2.05) is 6.92 Å². The molecule has 0 spiro atoms. The van der Waals surface area contributed by atoms with Crippen molar-refractivity contribution in [2.75, 3.05) is 5.32 Å². The highest BCUT2D eigenvalue weighted by Crippen LogP contribution is 2.24. The Morgan fingerprint density at radius 2 is 2.05 bits per heavy atom.